The van der Waals surface area contributed by atoms with Gasteiger partial charge in [-0.15, -0.1) is 0 Å². The van der Waals surface area contributed by atoms with Crippen molar-refractivity contribution in [1.29, 1.82) is 0 Å². The first kappa shape index (κ1) is 21.4. The molecular formula is C23H21F2N2O2S+. The molecule has 3 aromatic rings. The first-order valence-corrected chi connectivity index (χ1v) is 9.60. The fourth-order valence-corrected chi connectivity index (χ4v) is 3.21. The third-order valence-corrected chi connectivity index (χ3v) is 4.91. The lowest BCUT2D eigenvalue weighted by Gasteiger charge is -2.13. The lowest BCUT2D eigenvalue weighted by atomic mass is 10.1. The Hall–Kier alpha value is -3.32. The number of benzene rings is 2. The molecule has 0 aliphatic carbocycles. The van der Waals surface area contributed by atoms with Gasteiger partial charge < -0.3 is 15.2 Å². The summed E-state index contributed by atoms with van der Waals surface area (Å²) in [6, 6.07) is 17.0. The van der Waals surface area contributed by atoms with Gasteiger partial charge in [0.25, 0.3) is 5.70 Å². The number of ether oxygens (including phenoxy) is 1. The van der Waals surface area contributed by atoms with Crippen LogP contribution in [-0.4, -0.2) is 16.7 Å². The van der Waals surface area contributed by atoms with Crippen molar-refractivity contribution in [2.24, 2.45) is 0 Å². The summed E-state index contributed by atoms with van der Waals surface area (Å²) in [6.07, 6.45) is 3.52. The molecule has 30 heavy (non-hydrogen) atoms. The summed E-state index contributed by atoms with van der Waals surface area (Å²) in [6.45, 7) is 1.08. The van der Waals surface area contributed by atoms with E-state index in [1.165, 1.54) is 24.3 Å². The van der Waals surface area contributed by atoms with Gasteiger partial charge in [0.15, 0.2) is 23.1 Å². The Kier molecular flexibility index (Phi) is 6.74. The third-order valence-electron chi connectivity index (χ3n) is 4.62. The molecule has 0 saturated heterocycles. The summed E-state index contributed by atoms with van der Waals surface area (Å²) in [5.74, 6) is -0.0934. The standard InChI is InChI=1S/C23H20F2N2O2S/c1-15-7-6-8-19(16(15)2)26-22(30)20(27-13-4-3-5-14-27)21(28)17-9-11-18(12-10-17)29-23(24)25/h3-14,23H,1-2H3,(H-,26,28,30)/p+1. The molecule has 0 aliphatic rings. The Bertz CT molecular complexity index is 1070. The predicted molar refractivity (Wildman–Crippen MR) is 118 cm³/mol. The molecule has 0 aliphatic heterocycles. The first-order chi connectivity index (χ1) is 14.4. The van der Waals surface area contributed by atoms with Crippen molar-refractivity contribution in [2.75, 3.05) is 5.32 Å². The van der Waals surface area contributed by atoms with Crippen molar-refractivity contribution in [3.05, 3.63) is 89.7 Å². The van der Waals surface area contributed by atoms with E-state index in [4.69, 9.17) is 12.2 Å². The van der Waals surface area contributed by atoms with Crippen LogP contribution in [0.3, 0.4) is 0 Å². The minimum Gasteiger partial charge on any atom is -0.502 e. The maximum Gasteiger partial charge on any atom is 0.387 e. The topological polar surface area (TPSA) is 45.4 Å². The van der Waals surface area contributed by atoms with Crippen LogP contribution < -0.4 is 14.6 Å². The zero-order chi connectivity index (χ0) is 21.7. The number of halogens is 2. The number of anilines is 1. The highest BCUT2D eigenvalue weighted by atomic mass is 32.1. The molecule has 4 nitrogen and oxygen atoms in total. The van der Waals surface area contributed by atoms with Gasteiger partial charge in [-0.25, -0.2) is 0 Å². The minimum absolute atomic E-state index is 0.00607. The first-order valence-electron chi connectivity index (χ1n) is 9.19. The number of aromatic nitrogens is 1. The van der Waals surface area contributed by atoms with E-state index in [1.54, 1.807) is 17.0 Å². The Balaban J connectivity index is 2.02. The van der Waals surface area contributed by atoms with Crippen LogP contribution >= 0.6 is 12.2 Å². The van der Waals surface area contributed by atoms with Crippen LogP contribution in [0.2, 0.25) is 0 Å². The van der Waals surface area contributed by atoms with Gasteiger partial charge in [-0.3, -0.25) is 0 Å². The summed E-state index contributed by atoms with van der Waals surface area (Å²) in [5, 5.41) is 14.2. The van der Waals surface area contributed by atoms with Crippen LogP contribution in [0.1, 0.15) is 16.7 Å². The maximum absolute atomic E-state index is 12.4. The molecule has 0 bridgehead atoms. The summed E-state index contributed by atoms with van der Waals surface area (Å²) in [7, 11) is 0. The molecule has 0 spiro atoms. The summed E-state index contributed by atoms with van der Waals surface area (Å²) in [4.78, 5) is 0.310. The minimum atomic E-state index is -2.91. The smallest absolute Gasteiger partial charge is 0.387 e. The van der Waals surface area contributed by atoms with Crippen LogP contribution in [0.5, 0.6) is 5.75 Å². The quantitative estimate of drug-likeness (QED) is 0.235. The van der Waals surface area contributed by atoms with Crippen LogP contribution in [-0.2, 0) is 0 Å². The fraction of sp³-hybridized carbons (Fsp3) is 0.130. The van der Waals surface area contributed by atoms with Crippen molar-refractivity contribution in [2.45, 2.75) is 20.5 Å². The number of pyridine rings is 1. The van der Waals surface area contributed by atoms with E-state index in [0.29, 0.717) is 16.2 Å². The summed E-state index contributed by atoms with van der Waals surface area (Å²) >= 11 is 5.63. The zero-order valence-corrected chi connectivity index (χ0v) is 17.3. The van der Waals surface area contributed by atoms with Gasteiger partial charge >= 0.3 is 6.61 Å². The average Bonchev–Trinajstić information content (AvgIpc) is 2.72. The van der Waals surface area contributed by atoms with E-state index < -0.39 is 6.61 Å². The number of rotatable bonds is 6. The molecule has 0 amide bonds. The molecule has 2 aromatic carbocycles. The molecule has 0 fully saturated rings. The van der Waals surface area contributed by atoms with Gasteiger partial charge in [-0.1, -0.05) is 30.4 Å². The molecule has 7 heteroatoms. The highest BCUT2D eigenvalue weighted by Crippen LogP contribution is 2.24. The molecule has 0 unspecified atom stereocenters. The van der Waals surface area contributed by atoms with Crippen molar-refractivity contribution < 1.29 is 23.2 Å². The molecule has 0 saturated carbocycles. The molecular weight excluding hydrogens is 406 g/mol. The van der Waals surface area contributed by atoms with Gasteiger partial charge in [-0.2, -0.15) is 13.3 Å². The fourth-order valence-electron chi connectivity index (χ4n) is 2.89. The van der Waals surface area contributed by atoms with Crippen LogP contribution in [0, 0.1) is 13.8 Å². The van der Waals surface area contributed by atoms with Gasteiger partial charge in [0, 0.05) is 23.4 Å². The molecule has 2 N–H and O–H groups in total. The average molecular weight is 427 g/mol. The lowest BCUT2D eigenvalue weighted by molar-refractivity contribution is -0.575. The Morgan fingerprint density at radius 3 is 2.30 bits per heavy atom. The molecule has 1 aromatic heterocycles. The number of hydrogen-bond acceptors (Lipinski definition) is 3. The summed E-state index contributed by atoms with van der Waals surface area (Å²) < 4.78 is 30.9. The van der Waals surface area contributed by atoms with Gasteiger partial charge in [0.2, 0.25) is 0 Å². The lowest BCUT2D eigenvalue weighted by Crippen LogP contribution is -2.38. The number of aliphatic hydroxyl groups is 1. The van der Waals surface area contributed by atoms with E-state index >= 15 is 0 Å². The maximum atomic E-state index is 12.4. The van der Waals surface area contributed by atoms with Gasteiger partial charge in [0.05, 0.1) is 0 Å². The molecule has 0 atom stereocenters. The SMILES string of the molecule is Cc1cccc(NC(=S)/C(=C(\O)c2ccc(OC(F)F)cc2)[n+]2ccccc2)c1C. The van der Waals surface area contributed by atoms with E-state index in [-0.39, 0.29) is 11.5 Å². The molecule has 154 valence electrons. The predicted octanol–water partition coefficient (Wildman–Crippen LogP) is 5.52. The molecule has 1 heterocycles. The number of nitrogens with zero attached hydrogens (tertiary/aromatic N) is 1. The van der Waals surface area contributed by atoms with Crippen LogP contribution in [0.25, 0.3) is 11.5 Å². The number of aryl methyl sites for hydroxylation is 1. The normalized spacial score (nSPS) is 11.8. The highest BCUT2D eigenvalue weighted by molar-refractivity contribution is 7.81. The third kappa shape index (κ3) is 4.99. The Morgan fingerprint density at radius 2 is 1.67 bits per heavy atom. The van der Waals surface area contributed by atoms with Crippen molar-refractivity contribution in [3.8, 4) is 5.75 Å². The Morgan fingerprint density at radius 1 is 1.00 bits per heavy atom. The molecule has 0 radical (unpaired) electrons. The van der Waals surface area contributed by atoms with E-state index in [0.717, 1.165) is 16.8 Å². The van der Waals surface area contributed by atoms with E-state index in [2.05, 4.69) is 10.1 Å². The number of alkyl halides is 2. The second-order valence-corrected chi connectivity index (χ2v) is 6.99. The van der Waals surface area contributed by atoms with Crippen molar-refractivity contribution >= 4 is 34.3 Å². The number of nitrogens with one attached hydrogen (secondary N) is 1. The van der Waals surface area contributed by atoms with E-state index in [9.17, 15) is 13.9 Å². The van der Waals surface area contributed by atoms with Crippen LogP contribution in [0.15, 0.2) is 73.1 Å². The summed E-state index contributed by atoms with van der Waals surface area (Å²) in [5.41, 5.74) is 3.76. The number of hydrogen-bond donors (Lipinski definition) is 2. The monoisotopic (exact) mass is 427 g/mol. The van der Waals surface area contributed by atoms with Gasteiger partial charge in [0.1, 0.15) is 5.75 Å². The second-order valence-electron chi connectivity index (χ2n) is 6.58. The van der Waals surface area contributed by atoms with Crippen molar-refractivity contribution in [1.82, 2.24) is 0 Å². The highest BCUT2D eigenvalue weighted by Gasteiger charge is 2.24. The zero-order valence-electron chi connectivity index (χ0n) is 16.5. The molecule has 3 rings (SSSR count). The largest absolute Gasteiger partial charge is 0.502 e. The second kappa shape index (κ2) is 9.45. The number of thiocarbonyl (C=S) groups is 1. The Labute approximate surface area is 179 Å². The van der Waals surface area contributed by atoms with Crippen molar-refractivity contribution in [3.63, 3.8) is 0 Å². The van der Waals surface area contributed by atoms with Gasteiger partial charge in [-0.05, 0) is 55.3 Å². The van der Waals surface area contributed by atoms with E-state index in [1.807, 2.05) is 50.2 Å². The number of aliphatic hydroxyl groups excluding tert-OH is 1. The van der Waals surface area contributed by atoms with Crippen LogP contribution in [0.4, 0.5) is 14.5 Å².